The minimum Gasteiger partial charge on any atom is -0.556 e. The Hall–Kier alpha value is -1.21. The normalized spacial score (nSPS) is 62.6. The third-order valence-corrected chi connectivity index (χ3v) is 24.3. The Morgan fingerprint density at radius 2 is 1.00 bits per heavy atom. The summed E-state index contributed by atoms with van der Waals surface area (Å²) < 4.78 is 16.1. The van der Waals surface area contributed by atoms with Gasteiger partial charge in [0.25, 0.3) is 0 Å². The van der Waals surface area contributed by atoms with Crippen LogP contribution in [-0.2, 0) is 8.58 Å². The standard InChI is InChI=1S/C16H22.C15H22O3Si2.C15H18.CH4/c1-8-5-9-6-12(8)16-14-7-13(15(9)16)10-3-2-4-11(10)14;16-20(17)18-19-13-5-7-4-12(13)15-11-6-10(14(7)15)8-2-1-3-9(8)11;1-2-10-11(3-1)13-7-12(10)14-8-4-5-9(6-8)15(13)14;/h2-3,8-16H,4-7H2,1H3;1-2,7-16H,3-6,19H2;1-2,4-5,8-15H,3,6-7H2;1H4. The van der Waals surface area contributed by atoms with E-state index >= 15 is 0 Å². The summed E-state index contributed by atoms with van der Waals surface area (Å²) >= 11 is 0. The maximum atomic E-state index is 10.9. The Morgan fingerprint density at radius 1 is 0.519 bits per heavy atom. The van der Waals surface area contributed by atoms with E-state index < -0.39 is 18.9 Å². The van der Waals surface area contributed by atoms with Gasteiger partial charge in [0.15, 0.2) is 0 Å². The van der Waals surface area contributed by atoms with Gasteiger partial charge >= 0.3 is 9.17 Å². The van der Waals surface area contributed by atoms with Crippen LogP contribution in [0.1, 0.15) is 85.0 Å². The molecule has 15 aliphatic carbocycles. The van der Waals surface area contributed by atoms with E-state index in [9.17, 15) is 4.46 Å². The summed E-state index contributed by atoms with van der Waals surface area (Å²) in [7, 11) is -3.47. The monoisotopic (exact) mass is 734 g/mol. The summed E-state index contributed by atoms with van der Waals surface area (Å²) in [5.74, 6) is 26.2. The first-order chi connectivity index (χ1) is 25.0. The molecule has 0 heterocycles. The van der Waals surface area contributed by atoms with Crippen molar-refractivity contribution in [2.24, 2.45) is 148 Å². The van der Waals surface area contributed by atoms with Gasteiger partial charge in [0.1, 0.15) is 0 Å². The fourth-order valence-electron chi connectivity index (χ4n) is 20.7. The van der Waals surface area contributed by atoms with Crippen molar-refractivity contribution in [3.05, 3.63) is 48.6 Å². The fraction of sp³-hybridized carbons (Fsp3) is 0.830. The Kier molecular flexibility index (Phi) is 7.40. The van der Waals surface area contributed by atoms with Crippen LogP contribution in [0.4, 0.5) is 0 Å². The highest BCUT2D eigenvalue weighted by Gasteiger charge is 2.69. The number of fused-ring (bicyclic) bond motifs is 36. The average Bonchev–Trinajstić information content (AvgIpc) is 3.98. The van der Waals surface area contributed by atoms with E-state index in [1.807, 2.05) is 0 Å². The molecule has 26 unspecified atom stereocenters. The number of hydrogen-bond acceptors (Lipinski definition) is 2. The highest BCUT2D eigenvalue weighted by atomic mass is 28.3. The van der Waals surface area contributed by atoms with Gasteiger partial charge in [0.2, 0.25) is 9.76 Å². The molecule has 0 amide bonds. The molecule has 0 aromatic rings. The third-order valence-electron chi connectivity index (χ3n) is 21.3. The molecule has 5 heteroatoms. The van der Waals surface area contributed by atoms with E-state index in [2.05, 4.69) is 55.5 Å². The molecule has 0 radical (unpaired) electrons. The summed E-state index contributed by atoms with van der Waals surface area (Å²) in [5.41, 5.74) is 0.703. The summed E-state index contributed by atoms with van der Waals surface area (Å²) in [5, 5.41) is 0. The lowest BCUT2D eigenvalue weighted by Gasteiger charge is -2.43. The second kappa shape index (κ2) is 11.7. The van der Waals surface area contributed by atoms with Gasteiger partial charge in [-0.2, -0.15) is 0 Å². The van der Waals surface area contributed by atoms with Gasteiger partial charge in [-0.1, -0.05) is 63.0 Å². The minimum atomic E-state index is -2.68. The second-order valence-electron chi connectivity index (χ2n) is 21.9. The van der Waals surface area contributed by atoms with Gasteiger partial charge in [0, 0.05) is 0 Å². The Morgan fingerprint density at radius 3 is 1.58 bits per heavy atom. The molecule has 15 rings (SSSR count). The van der Waals surface area contributed by atoms with E-state index in [-0.39, 0.29) is 7.43 Å². The first-order valence-electron chi connectivity index (χ1n) is 22.6. The zero-order valence-corrected chi connectivity index (χ0v) is 33.3. The van der Waals surface area contributed by atoms with E-state index in [1.54, 1.807) is 25.7 Å². The van der Waals surface area contributed by atoms with E-state index in [0.29, 0.717) is 5.54 Å². The predicted molar refractivity (Wildman–Crippen MR) is 209 cm³/mol. The van der Waals surface area contributed by atoms with E-state index in [4.69, 9.17) is 8.91 Å². The van der Waals surface area contributed by atoms with Crippen LogP contribution in [0.5, 0.6) is 0 Å². The predicted octanol–water partition coefficient (Wildman–Crippen LogP) is 9.04. The van der Waals surface area contributed by atoms with Crippen molar-refractivity contribution in [2.45, 2.75) is 90.5 Å². The highest BCUT2D eigenvalue weighted by Crippen LogP contribution is 2.75. The van der Waals surface area contributed by atoms with Crippen molar-refractivity contribution in [2.75, 3.05) is 0 Å². The molecule has 0 aliphatic heterocycles. The average molecular weight is 735 g/mol. The van der Waals surface area contributed by atoms with Crippen LogP contribution in [0.3, 0.4) is 0 Å². The molecular weight excluding hydrogens is 669 g/mol. The zero-order chi connectivity index (χ0) is 33.4. The smallest absolute Gasteiger partial charge is 0.556 e. The summed E-state index contributed by atoms with van der Waals surface area (Å²) in [4.78, 5) is 8.95. The molecule has 0 spiro atoms. The Bertz CT molecular complexity index is 1620. The van der Waals surface area contributed by atoms with Crippen molar-refractivity contribution in [3.63, 3.8) is 0 Å². The maximum Gasteiger partial charge on any atom is 0.748 e. The van der Waals surface area contributed by atoms with Crippen molar-refractivity contribution in [3.8, 4) is 0 Å². The van der Waals surface area contributed by atoms with Crippen LogP contribution in [-0.4, -0.2) is 23.7 Å². The SMILES string of the molecule is C.C1=CC2C(C1)C1CC2C2C3C=CC(C3)C12.CC1CC2CC1C1C3CC(C4C=CCC43)C21.O=[Si](O)O[SiH2]C1CC2CC1C1C3CC(C4C=CCC43)C21. The van der Waals surface area contributed by atoms with Crippen LogP contribution in [0.25, 0.3) is 0 Å². The molecule has 11 saturated carbocycles. The molecule has 52 heavy (non-hydrogen) atoms. The largest absolute Gasteiger partial charge is 0.748 e. The molecule has 12 bridgehead atoms. The summed E-state index contributed by atoms with van der Waals surface area (Å²) in [6.07, 6.45) is 36.6. The Labute approximate surface area is 318 Å². The van der Waals surface area contributed by atoms with Crippen LogP contribution in [0.2, 0.25) is 5.54 Å². The van der Waals surface area contributed by atoms with Gasteiger partial charge in [-0.25, -0.2) is 0 Å². The van der Waals surface area contributed by atoms with Crippen LogP contribution in [0.15, 0.2) is 48.6 Å². The number of hydrogen-bond donors (Lipinski definition) is 1. The van der Waals surface area contributed by atoms with E-state index in [0.717, 1.165) is 136 Å². The lowest BCUT2D eigenvalue weighted by Crippen LogP contribution is -2.38. The number of rotatable bonds is 3. The molecule has 15 aliphatic rings. The van der Waals surface area contributed by atoms with E-state index in [1.165, 1.54) is 56.8 Å². The molecule has 0 aromatic carbocycles. The lowest BCUT2D eigenvalue weighted by atomic mass is 9.62. The molecule has 0 aromatic heterocycles. The molecular formula is C47H66O3Si2. The lowest BCUT2D eigenvalue weighted by molar-refractivity contribution is 0.0597. The molecule has 11 fully saturated rings. The van der Waals surface area contributed by atoms with Gasteiger partial charge in [-0.3, -0.25) is 4.46 Å². The summed E-state index contributed by atoms with van der Waals surface area (Å²) in [6, 6.07) is 0. The summed E-state index contributed by atoms with van der Waals surface area (Å²) in [6.45, 7) is 2.54. The van der Waals surface area contributed by atoms with Crippen LogP contribution >= 0.6 is 0 Å². The number of allylic oxidation sites excluding steroid dienone is 8. The van der Waals surface area contributed by atoms with Crippen molar-refractivity contribution < 1.29 is 13.4 Å². The van der Waals surface area contributed by atoms with Gasteiger partial charge in [-0.15, -0.1) is 0 Å². The first-order valence-corrected chi connectivity index (χ1v) is 25.2. The highest BCUT2D eigenvalue weighted by molar-refractivity contribution is 6.43. The van der Waals surface area contributed by atoms with Crippen LogP contribution in [0, 0.1) is 148 Å². The van der Waals surface area contributed by atoms with Crippen molar-refractivity contribution in [1.29, 1.82) is 0 Å². The molecule has 280 valence electrons. The van der Waals surface area contributed by atoms with Crippen LogP contribution < -0.4 is 0 Å². The van der Waals surface area contributed by atoms with Gasteiger partial charge in [-0.05, 0) is 224 Å². The topological polar surface area (TPSA) is 46.5 Å². The zero-order valence-electron chi connectivity index (χ0n) is 30.9. The first kappa shape index (κ1) is 33.0. The molecule has 0 saturated heterocycles. The van der Waals surface area contributed by atoms with Gasteiger partial charge in [0.05, 0.1) is 0 Å². The second-order valence-corrected chi connectivity index (χ2v) is 25.0. The molecule has 26 atom stereocenters. The fourth-order valence-corrected chi connectivity index (χ4v) is 23.4. The van der Waals surface area contributed by atoms with Crippen molar-refractivity contribution in [1.82, 2.24) is 0 Å². The van der Waals surface area contributed by atoms with Gasteiger partial charge < -0.3 is 8.91 Å². The quantitative estimate of drug-likeness (QED) is 0.179. The maximum absolute atomic E-state index is 10.9. The Balaban J connectivity index is 0.0000000882. The minimum absolute atomic E-state index is 0. The molecule has 1 N–H and O–H groups in total. The third kappa shape index (κ3) is 4.21. The van der Waals surface area contributed by atoms with Crippen molar-refractivity contribution >= 4 is 18.9 Å². The molecule has 3 nitrogen and oxygen atoms in total.